The van der Waals surface area contributed by atoms with Gasteiger partial charge in [0.1, 0.15) is 5.82 Å². The molecule has 1 aromatic heterocycles. The van der Waals surface area contributed by atoms with E-state index in [0.717, 1.165) is 37.3 Å². The normalized spacial score (nSPS) is 16.8. The Balaban J connectivity index is 1.06. The summed E-state index contributed by atoms with van der Waals surface area (Å²) in [5, 5.41) is 4.11. The molecule has 1 amide bonds. The van der Waals surface area contributed by atoms with Crippen LogP contribution in [0, 0.1) is 5.82 Å². The number of nitrogens with zero attached hydrogens (tertiary/aromatic N) is 6. The number of hydrogen-bond acceptors (Lipinski definition) is 7. The van der Waals surface area contributed by atoms with E-state index in [1.165, 1.54) is 32.0 Å². The van der Waals surface area contributed by atoms with Gasteiger partial charge in [-0.2, -0.15) is 0 Å². The average Bonchev–Trinajstić information content (AvgIpc) is 3.54. The number of hydrogen-bond donors (Lipinski definition) is 1. The third-order valence-electron chi connectivity index (χ3n) is 8.94. The number of halogens is 3. The quantitative estimate of drug-likeness (QED) is 0.243. The van der Waals surface area contributed by atoms with Gasteiger partial charge in [0.25, 0.3) is 5.91 Å². The van der Waals surface area contributed by atoms with Crippen molar-refractivity contribution >= 4 is 46.5 Å². The number of rotatable bonds is 7. The SMILES string of the molecule is O=C(c1ccc(Nc2ncc3c(n2)-c2ccc(Cl)cc2C(c2ccccc2F)=NC3)cc1Cl)N1CCN(CCN2CCCC2)CC1. The van der Waals surface area contributed by atoms with E-state index in [4.69, 9.17) is 33.2 Å². The van der Waals surface area contributed by atoms with Crippen molar-refractivity contribution in [3.8, 4) is 11.3 Å². The zero-order valence-electron chi connectivity index (χ0n) is 25.4. The predicted molar refractivity (Wildman–Crippen MR) is 181 cm³/mol. The predicted octanol–water partition coefficient (Wildman–Crippen LogP) is 6.54. The minimum atomic E-state index is -0.361. The van der Waals surface area contributed by atoms with Crippen molar-refractivity contribution in [2.75, 3.05) is 57.7 Å². The molecular weight excluding hydrogens is 624 g/mol. The molecule has 3 aliphatic heterocycles. The molecule has 4 aromatic rings. The number of aliphatic imine (C=N–C) groups is 1. The number of nitrogens with one attached hydrogen (secondary N) is 1. The second-order valence-electron chi connectivity index (χ2n) is 11.9. The minimum Gasteiger partial charge on any atom is -0.336 e. The van der Waals surface area contributed by atoms with Crippen LogP contribution in [-0.2, 0) is 6.54 Å². The van der Waals surface area contributed by atoms with Crippen LogP contribution in [0.25, 0.3) is 11.3 Å². The van der Waals surface area contributed by atoms with Gasteiger partial charge in [-0.25, -0.2) is 14.4 Å². The van der Waals surface area contributed by atoms with E-state index in [0.29, 0.717) is 62.9 Å². The summed E-state index contributed by atoms with van der Waals surface area (Å²) in [5.41, 5.74) is 4.99. The third kappa shape index (κ3) is 6.51. The Morgan fingerprint density at radius 1 is 0.848 bits per heavy atom. The molecule has 3 aromatic carbocycles. The highest BCUT2D eigenvalue weighted by Gasteiger charge is 2.26. The van der Waals surface area contributed by atoms with Crippen molar-refractivity contribution < 1.29 is 9.18 Å². The highest BCUT2D eigenvalue weighted by Crippen LogP contribution is 2.34. The molecule has 46 heavy (non-hydrogen) atoms. The Hall–Kier alpha value is -3.89. The Morgan fingerprint density at radius 3 is 2.37 bits per heavy atom. The lowest BCUT2D eigenvalue weighted by Gasteiger charge is -2.35. The van der Waals surface area contributed by atoms with Gasteiger partial charge in [-0.3, -0.25) is 14.7 Å². The zero-order chi connectivity index (χ0) is 31.6. The lowest BCUT2D eigenvalue weighted by atomic mass is 9.95. The summed E-state index contributed by atoms with van der Waals surface area (Å²) in [6, 6.07) is 17.3. The molecule has 4 heterocycles. The number of aromatic nitrogens is 2. The number of amides is 1. The van der Waals surface area contributed by atoms with Crippen LogP contribution >= 0.6 is 23.2 Å². The van der Waals surface area contributed by atoms with Gasteiger partial charge >= 0.3 is 0 Å². The number of anilines is 2. The molecule has 2 fully saturated rings. The summed E-state index contributed by atoms with van der Waals surface area (Å²) in [6.45, 7) is 7.95. The van der Waals surface area contributed by atoms with Crippen molar-refractivity contribution in [2.24, 2.45) is 4.99 Å². The van der Waals surface area contributed by atoms with E-state index >= 15 is 0 Å². The molecule has 236 valence electrons. The molecule has 3 aliphatic rings. The van der Waals surface area contributed by atoms with Crippen LogP contribution in [-0.4, -0.2) is 88.6 Å². The van der Waals surface area contributed by atoms with Crippen molar-refractivity contribution in [3.63, 3.8) is 0 Å². The van der Waals surface area contributed by atoms with Crippen LogP contribution in [0.4, 0.5) is 16.0 Å². The molecule has 1 N–H and O–H groups in total. The number of carbonyl (C=O) groups is 1. The first-order chi connectivity index (χ1) is 22.4. The molecule has 0 radical (unpaired) electrons. The molecule has 8 nitrogen and oxygen atoms in total. The van der Waals surface area contributed by atoms with Crippen molar-refractivity contribution in [1.29, 1.82) is 0 Å². The highest BCUT2D eigenvalue weighted by atomic mass is 35.5. The molecule has 7 rings (SSSR count). The summed E-state index contributed by atoms with van der Waals surface area (Å²) in [6.07, 6.45) is 4.33. The summed E-state index contributed by atoms with van der Waals surface area (Å²) < 4.78 is 14.9. The van der Waals surface area contributed by atoms with Gasteiger partial charge in [0.05, 0.1) is 28.5 Å². The fourth-order valence-electron chi connectivity index (χ4n) is 6.40. The van der Waals surface area contributed by atoms with Gasteiger partial charge < -0.3 is 15.1 Å². The second-order valence-corrected chi connectivity index (χ2v) is 12.7. The number of piperazine rings is 1. The largest absolute Gasteiger partial charge is 0.336 e. The first kappa shape index (κ1) is 30.7. The van der Waals surface area contributed by atoms with Crippen molar-refractivity contribution in [1.82, 2.24) is 24.7 Å². The fourth-order valence-corrected chi connectivity index (χ4v) is 6.83. The van der Waals surface area contributed by atoms with Gasteiger partial charge in [0, 0.05) is 78.4 Å². The summed E-state index contributed by atoms with van der Waals surface area (Å²) >= 11 is 13.1. The Morgan fingerprint density at radius 2 is 1.61 bits per heavy atom. The number of carbonyl (C=O) groups excluding carboxylic acids is 1. The third-order valence-corrected chi connectivity index (χ3v) is 9.49. The van der Waals surface area contributed by atoms with Crippen LogP contribution in [0.1, 0.15) is 39.9 Å². The average molecular weight is 659 g/mol. The minimum absolute atomic E-state index is 0.0575. The number of fused-ring (bicyclic) bond motifs is 3. The lowest BCUT2D eigenvalue weighted by molar-refractivity contribution is 0.0627. The molecule has 0 bridgehead atoms. The maximum absolute atomic E-state index is 14.9. The first-order valence-electron chi connectivity index (χ1n) is 15.7. The molecule has 0 unspecified atom stereocenters. The monoisotopic (exact) mass is 657 g/mol. The van der Waals surface area contributed by atoms with E-state index in [-0.39, 0.29) is 18.3 Å². The Kier molecular flexibility index (Phi) is 8.99. The Labute approximate surface area is 277 Å². The number of likely N-dealkylation sites (tertiary alicyclic amines) is 1. The summed E-state index contributed by atoms with van der Waals surface area (Å²) in [5.74, 6) is -0.0623. The lowest BCUT2D eigenvalue weighted by Crippen LogP contribution is -2.50. The van der Waals surface area contributed by atoms with Gasteiger partial charge in [0.2, 0.25) is 5.95 Å². The first-order valence-corrected chi connectivity index (χ1v) is 16.4. The molecule has 0 aliphatic carbocycles. The van der Waals surface area contributed by atoms with E-state index < -0.39 is 0 Å². The topological polar surface area (TPSA) is 77.0 Å². The van der Waals surface area contributed by atoms with Crippen molar-refractivity contribution in [3.05, 3.63) is 105 Å². The van der Waals surface area contributed by atoms with E-state index in [2.05, 4.69) is 20.1 Å². The summed E-state index contributed by atoms with van der Waals surface area (Å²) in [4.78, 5) is 34.3. The molecule has 2 saturated heterocycles. The van der Waals surface area contributed by atoms with Crippen LogP contribution in [0.2, 0.25) is 10.0 Å². The van der Waals surface area contributed by atoms with Crippen LogP contribution in [0.5, 0.6) is 0 Å². The molecule has 0 saturated carbocycles. The number of benzene rings is 3. The molecule has 11 heteroatoms. The van der Waals surface area contributed by atoms with Gasteiger partial charge in [-0.15, -0.1) is 0 Å². The molecule has 0 atom stereocenters. The molecular formula is C35H34Cl2FN7O. The maximum atomic E-state index is 14.9. The van der Waals surface area contributed by atoms with E-state index in [1.54, 1.807) is 48.7 Å². The van der Waals surface area contributed by atoms with Gasteiger partial charge in [-0.05, 0) is 68.4 Å². The van der Waals surface area contributed by atoms with Crippen LogP contribution < -0.4 is 5.32 Å². The van der Waals surface area contributed by atoms with Crippen LogP contribution in [0.3, 0.4) is 0 Å². The van der Waals surface area contributed by atoms with Crippen LogP contribution in [0.15, 0.2) is 71.9 Å². The second kappa shape index (κ2) is 13.5. The summed E-state index contributed by atoms with van der Waals surface area (Å²) in [7, 11) is 0. The molecule has 0 spiro atoms. The van der Waals surface area contributed by atoms with E-state index in [1.807, 2.05) is 17.0 Å². The fraction of sp³-hybridized carbons (Fsp3) is 0.314. The van der Waals surface area contributed by atoms with E-state index in [9.17, 15) is 9.18 Å². The van der Waals surface area contributed by atoms with Gasteiger partial charge in [0.15, 0.2) is 0 Å². The maximum Gasteiger partial charge on any atom is 0.255 e. The highest BCUT2D eigenvalue weighted by molar-refractivity contribution is 6.34. The Bertz CT molecular complexity index is 1800. The van der Waals surface area contributed by atoms with Gasteiger partial charge in [-0.1, -0.05) is 41.4 Å². The smallest absolute Gasteiger partial charge is 0.255 e. The van der Waals surface area contributed by atoms with Crippen molar-refractivity contribution in [2.45, 2.75) is 19.4 Å². The standard InChI is InChI=1S/C35H34Cl2FN7O/c36-24-7-9-26-29(19-24)33(28-5-1-2-6-31(28)38)39-21-23-22-40-35(42-32(23)26)41-25-8-10-27(30(37)20-25)34(46)45-17-15-44(16-18-45)14-13-43-11-3-4-12-43/h1-2,5-10,19-20,22H,3-4,11-18,21H2,(H,40,41,42). The zero-order valence-corrected chi connectivity index (χ0v) is 26.9.